The molecule has 2 rings (SSSR count). The minimum Gasteiger partial charge on any atom is -0.478 e. The normalized spacial score (nSPS) is 19.9. The molecule has 0 aliphatic carbocycles. The smallest absolute Gasteiger partial charge is 0.478 e. The number of nitrogen functional groups attached to an aromatic ring is 1. The lowest BCUT2D eigenvalue weighted by atomic mass is 9.76. The van der Waals surface area contributed by atoms with Crippen molar-refractivity contribution in [1.29, 1.82) is 0 Å². The van der Waals surface area contributed by atoms with Crippen LogP contribution in [-0.2, 0) is 9.31 Å². The van der Waals surface area contributed by atoms with Crippen LogP contribution in [0.2, 0.25) is 0 Å². The molecule has 7 heteroatoms. The summed E-state index contributed by atoms with van der Waals surface area (Å²) in [5.41, 5.74) is 12.0. The Kier molecular flexibility index (Phi) is 4.57. The summed E-state index contributed by atoms with van der Waals surface area (Å²) in [5.74, 6) is -1.08. The fourth-order valence-corrected chi connectivity index (χ4v) is 2.37. The van der Waals surface area contributed by atoms with Gasteiger partial charge in [0.2, 0.25) is 0 Å². The number of rotatable bonds is 4. The van der Waals surface area contributed by atoms with Gasteiger partial charge >= 0.3 is 13.1 Å². The second kappa shape index (κ2) is 6.00. The van der Waals surface area contributed by atoms with Gasteiger partial charge in [-0.05, 0) is 44.8 Å². The van der Waals surface area contributed by atoms with Crippen molar-refractivity contribution in [1.82, 2.24) is 0 Å². The van der Waals surface area contributed by atoms with Crippen molar-refractivity contribution in [3.63, 3.8) is 0 Å². The van der Waals surface area contributed by atoms with Crippen LogP contribution in [-0.4, -0.2) is 35.9 Å². The zero-order chi connectivity index (χ0) is 17.4. The number of aromatic carboxylic acids is 1. The van der Waals surface area contributed by atoms with Crippen molar-refractivity contribution in [2.45, 2.75) is 38.9 Å². The van der Waals surface area contributed by atoms with Gasteiger partial charge in [-0.15, -0.1) is 0 Å². The number of benzene rings is 1. The van der Waals surface area contributed by atoms with Crippen LogP contribution in [0.15, 0.2) is 23.7 Å². The Labute approximate surface area is 136 Å². The molecule has 5 N–H and O–H groups in total. The van der Waals surface area contributed by atoms with E-state index in [-0.39, 0.29) is 17.8 Å². The molecule has 0 amide bonds. The Balaban J connectivity index is 2.42. The molecular weight excluding hydrogens is 295 g/mol. The van der Waals surface area contributed by atoms with Gasteiger partial charge in [-0.25, -0.2) is 4.79 Å². The highest BCUT2D eigenvalue weighted by Gasteiger charge is 2.52. The zero-order valence-electron chi connectivity index (χ0n) is 13.9. The van der Waals surface area contributed by atoms with Gasteiger partial charge in [0.25, 0.3) is 0 Å². The summed E-state index contributed by atoms with van der Waals surface area (Å²) in [6.45, 7) is 7.98. The van der Waals surface area contributed by atoms with Crippen LogP contribution < -0.4 is 11.5 Å². The number of carbonyl (C=O) groups is 1. The summed E-state index contributed by atoms with van der Waals surface area (Å²) in [4.78, 5) is 11.4. The molecule has 1 aliphatic heterocycles. The van der Waals surface area contributed by atoms with E-state index in [0.29, 0.717) is 11.0 Å². The average Bonchev–Trinajstić information content (AvgIpc) is 2.64. The lowest BCUT2D eigenvalue weighted by Gasteiger charge is -2.32. The predicted octanol–water partition coefficient (Wildman–Crippen LogP) is 1.94. The maximum absolute atomic E-state index is 11.4. The highest BCUT2D eigenvalue weighted by atomic mass is 16.7. The molecule has 0 aromatic heterocycles. The molecular formula is C16H23BN2O4. The third kappa shape index (κ3) is 3.27. The first-order valence-corrected chi connectivity index (χ1v) is 7.47. The van der Waals surface area contributed by atoms with E-state index in [0.717, 1.165) is 0 Å². The van der Waals surface area contributed by atoms with Crippen LogP contribution in [0, 0.1) is 0 Å². The number of anilines is 1. The fourth-order valence-electron chi connectivity index (χ4n) is 2.37. The van der Waals surface area contributed by atoms with E-state index in [4.69, 9.17) is 20.8 Å². The number of nitrogens with two attached hydrogens (primary N) is 2. The topological polar surface area (TPSA) is 108 Å². The molecule has 1 aromatic carbocycles. The van der Waals surface area contributed by atoms with Crippen LogP contribution in [0.5, 0.6) is 0 Å². The van der Waals surface area contributed by atoms with Gasteiger partial charge in [-0.3, -0.25) is 0 Å². The largest absolute Gasteiger partial charge is 0.491 e. The molecule has 0 saturated carbocycles. The van der Waals surface area contributed by atoms with E-state index in [9.17, 15) is 9.90 Å². The van der Waals surface area contributed by atoms with E-state index >= 15 is 0 Å². The molecule has 6 nitrogen and oxygen atoms in total. The number of carboxylic acid groups (broad SMARTS) is 1. The second-order valence-electron chi connectivity index (χ2n) is 6.63. The van der Waals surface area contributed by atoms with Crippen molar-refractivity contribution in [2.75, 3.05) is 12.3 Å². The van der Waals surface area contributed by atoms with Crippen LogP contribution in [0.25, 0.3) is 6.08 Å². The molecule has 1 saturated heterocycles. The number of hydrogen-bond acceptors (Lipinski definition) is 5. The van der Waals surface area contributed by atoms with Gasteiger partial charge in [-0.1, -0.05) is 18.2 Å². The number of hydrogen-bond donors (Lipinski definition) is 3. The molecule has 0 radical (unpaired) electrons. The van der Waals surface area contributed by atoms with E-state index in [2.05, 4.69) is 0 Å². The van der Waals surface area contributed by atoms with Crippen LogP contribution in [0.1, 0.15) is 43.6 Å². The van der Waals surface area contributed by atoms with Gasteiger partial charge in [0, 0.05) is 12.2 Å². The van der Waals surface area contributed by atoms with Gasteiger partial charge in [0.15, 0.2) is 0 Å². The molecule has 0 bridgehead atoms. The fraction of sp³-hybridized carbons (Fsp3) is 0.438. The third-order valence-corrected chi connectivity index (χ3v) is 4.48. The van der Waals surface area contributed by atoms with Crippen LogP contribution in [0.4, 0.5) is 5.69 Å². The molecule has 1 aliphatic rings. The first-order valence-electron chi connectivity index (χ1n) is 7.47. The Hall–Kier alpha value is -1.83. The molecule has 1 aromatic rings. The minimum atomic E-state index is -1.08. The zero-order valence-corrected chi connectivity index (χ0v) is 13.9. The van der Waals surface area contributed by atoms with E-state index < -0.39 is 24.3 Å². The summed E-state index contributed by atoms with van der Waals surface area (Å²) in [6, 6.07) is 4.93. The third-order valence-electron chi connectivity index (χ3n) is 4.48. The van der Waals surface area contributed by atoms with Gasteiger partial charge in [0.05, 0.1) is 16.8 Å². The first kappa shape index (κ1) is 17.5. The monoisotopic (exact) mass is 318 g/mol. The van der Waals surface area contributed by atoms with Gasteiger partial charge in [0.1, 0.15) is 0 Å². The highest BCUT2D eigenvalue weighted by molar-refractivity contribution is 6.56. The van der Waals surface area contributed by atoms with Crippen molar-refractivity contribution >= 4 is 24.9 Å². The Morgan fingerprint density at radius 1 is 1.26 bits per heavy atom. The maximum Gasteiger partial charge on any atom is 0.491 e. The molecule has 1 heterocycles. The van der Waals surface area contributed by atoms with E-state index in [1.165, 1.54) is 0 Å². The second-order valence-corrected chi connectivity index (χ2v) is 6.63. The van der Waals surface area contributed by atoms with Crippen LogP contribution >= 0.6 is 0 Å². The van der Waals surface area contributed by atoms with Crippen LogP contribution in [0.3, 0.4) is 0 Å². The lowest BCUT2D eigenvalue weighted by Crippen LogP contribution is -2.41. The number of carboxylic acids is 1. The van der Waals surface area contributed by atoms with Crippen molar-refractivity contribution in [3.05, 3.63) is 34.8 Å². The standard InChI is InChI=1S/C16H23BN2O4/c1-15(2)16(3,4)23-17(22-15)11(9-18)8-10-6-5-7-12(19)13(10)14(20)21/h5-8H,9,18-19H2,1-4H3,(H,20,21). The van der Waals surface area contributed by atoms with Crippen molar-refractivity contribution in [2.24, 2.45) is 5.73 Å². The highest BCUT2D eigenvalue weighted by Crippen LogP contribution is 2.38. The molecule has 0 spiro atoms. The lowest BCUT2D eigenvalue weighted by molar-refractivity contribution is 0.00578. The quantitative estimate of drug-likeness (QED) is 0.578. The molecule has 1 fully saturated rings. The Bertz CT molecular complexity index is 639. The van der Waals surface area contributed by atoms with Crippen molar-refractivity contribution < 1.29 is 19.2 Å². The van der Waals surface area contributed by atoms with Gasteiger partial charge in [-0.2, -0.15) is 0 Å². The summed E-state index contributed by atoms with van der Waals surface area (Å²) in [5, 5.41) is 9.36. The molecule has 0 unspecified atom stereocenters. The summed E-state index contributed by atoms with van der Waals surface area (Å²) < 4.78 is 11.9. The minimum absolute atomic E-state index is 0.0509. The van der Waals surface area contributed by atoms with Gasteiger partial charge < -0.3 is 25.9 Å². The summed E-state index contributed by atoms with van der Waals surface area (Å²) in [6.07, 6.45) is 1.68. The summed E-state index contributed by atoms with van der Waals surface area (Å²) >= 11 is 0. The predicted molar refractivity (Wildman–Crippen MR) is 90.9 cm³/mol. The van der Waals surface area contributed by atoms with E-state index in [1.54, 1.807) is 24.3 Å². The molecule has 23 heavy (non-hydrogen) atoms. The SMILES string of the molecule is CC1(C)OB(C(=Cc2cccc(N)c2C(=O)O)CN)OC1(C)C. The van der Waals surface area contributed by atoms with Crippen molar-refractivity contribution in [3.8, 4) is 0 Å². The Morgan fingerprint density at radius 2 is 1.83 bits per heavy atom. The first-order chi connectivity index (χ1) is 10.6. The molecule has 124 valence electrons. The van der Waals surface area contributed by atoms with E-state index in [1.807, 2.05) is 27.7 Å². The average molecular weight is 318 g/mol. The Morgan fingerprint density at radius 3 is 2.30 bits per heavy atom. The molecule has 0 atom stereocenters. The maximum atomic E-state index is 11.4. The summed E-state index contributed by atoms with van der Waals surface area (Å²) in [7, 11) is -0.618.